The highest BCUT2D eigenvalue weighted by Crippen LogP contribution is 2.20. The van der Waals surface area contributed by atoms with Crippen molar-refractivity contribution in [3.8, 4) is 0 Å². The maximum absolute atomic E-state index is 9.56. The number of aliphatic hydroxyl groups is 1. The minimum absolute atomic E-state index is 0.165. The molecule has 0 aromatic rings. The summed E-state index contributed by atoms with van der Waals surface area (Å²) in [6.45, 7) is 11.4. The Bertz CT molecular complexity index is 717. The van der Waals surface area contributed by atoms with Crippen LogP contribution in [0.5, 0.6) is 0 Å². The minimum atomic E-state index is 0.165. The molecule has 280 valence electrons. The van der Waals surface area contributed by atoms with Crippen molar-refractivity contribution in [1.29, 1.82) is 0 Å². The minimum Gasteiger partial charge on any atom is -0.396 e. The van der Waals surface area contributed by atoms with Crippen LogP contribution in [-0.2, 0) is 9.47 Å². The molecule has 4 nitrogen and oxygen atoms in total. The Kier molecular flexibility index (Phi) is 33.3. The molecule has 3 atom stereocenters. The second-order valence-corrected chi connectivity index (χ2v) is 14.5. The Morgan fingerprint density at radius 1 is 0.521 bits per heavy atom. The third-order valence-corrected chi connectivity index (χ3v) is 9.53. The summed E-state index contributed by atoms with van der Waals surface area (Å²) in [4.78, 5) is 2.44. The average Bonchev–Trinajstić information content (AvgIpc) is 3.47. The fraction of sp³-hybridized carbons (Fsp3) is 0.818. The van der Waals surface area contributed by atoms with E-state index in [1.54, 1.807) is 0 Å². The Balaban J connectivity index is 2.08. The molecule has 1 rings (SSSR count). The number of rotatable bonds is 35. The molecule has 0 bridgehead atoms. The van der Waals surface area contributed by atoms with Gasteiger partial charge in [0.25, 0.3) is 0 Å². The van der Waals surface area contributed by atoms with Gasteiger partial charge in [-0.25, -0.2) is 0 Å². The van der Waals surface area contributed by atoms with E-state index < -0.39 is 0 Å². The Hall–Kier alpha value is -1.20. The molecule has 1 aliphatic rings. The number of ether oxygens (including phenoxy) is 2. The summed E-state index contributed by atoms with van der Waals surface area (Å²) < 4.78 is 12.8. The van der Waals surface area contributed by atoms with Crippen LogP contribution in [0.1, 0.15) is 175 Å². The molecule has 1 N–H and O–H groups in total. The smallest absolute Gasteiger partial charge is 0.0975 e. The van der Waals surface area contributed by atoms with Crippen LogP contribution in [-0.4, -0.2) is 61.7 Å². The first-order valence-electron chi connectivity index (χ1n) is 20.9. The van der Waals surface area contributed by atoms with Crippen LogP contribution in [0.25, 0.3) is 0 Å². The molecule has 0 aliphatic carbocycles. The first kappa shape index (κ1) is 44.8. The Morgan fingerprint density at radius 2 is 0.875 bits per heavy atom. The van der Waals surface area contributed by atoms with Crippen LogP contribution < -0.4 is 0 Å². The van der Waals surface area contributed by atoms with E-state index in [1.807, 2.05) is 0 Å². The summed E-state index contributed by atoms with van der Waals surface area (Å²) >= 11 is 0. The largest absolute Gasteiger partial charge is 0.396 e. The first-order valence-corrected chi connectivity index (χ1v) is 20.9. The SMILES string of the molecule is CCCCC/C=C\C/C=C\CCCCCCCCO[C@@H]1CN(CC(C)CO)C[C@H]1OCCCCCCCC/C=C\C/C=C\CCCCC. The molecule has 1 fully saturated rings. The summed E-state index contributed by atoms with van der Waals surface area (Å²) in [6.07, 6.45) is 49.5. The molecule has 0 aromatic carbocycles. The van der Waals surface area contributed by atoms with E-state index >= 15 is 0 Å². The van der Waals surface area contributed by atoms with Crippen LogP contribution in [0.4, 0.5) is 0 Å². The summed E-state index contributed by atoms with van der Waals surface area (Å²) in [6, 6.07) is 0. The Morgan fingerprint density at radius 3 is 1.25 bits per heavy atom. The topological polar surface area (TPSA) is 41.9 Å². The maximum atomic E-state index is 9.56. The number of nitrogens with zero attached hydrogens (tertiary/aromatic N) is 1. The number of hydrogen-bond donors (Lipinski definition) is 1. The first-order chi connectivity index (χ1) is 23.7. The molecule has 1 aliphatic heterocycles. The molecule has 0 aromatic heterocycles. The molecular weight excluding hydrogens is 590 g/mol. The van der Waals surface area contributed by atoms with Gasteiger partial charge in [0, 0.05) is 39.5 Å². The van der Waals surface area contributed by atoms with Gasteiger partial charge in [-0.2, -0.15) is 0 Å². The van der Waals surface area contributed by atoms with Gasteiger partial charge in [-0.05, 0) is 83.0 Å². The van der Waals surface area contributed by atoms with E-state index in [9.17, 15) is 5.11 Å². The number of allylic oxidation sites excluding steroid dienone is 8. The van der Waals surface area contributed by atoms with Gasteiger partial charge < -0.3 is 14.6 Å². The zero-order chi connectivity index (χ0) is 34.6. The predicted molar refractivity (Wildman–Crippen MR) is 211 cm³/mol. The van der Waals surface area contributed by atoms with Gasteiger partial charge >= 0.3 is 0 Å². The molecule has 4 heteroatoms. The molecular formula is C44H81NO3. The monoisotopic (exact) mass is 672 g/mol. The van der Waals surface area contributed by atoms with Crippen molar-refractivity contribution >= 4 is 0 Å². The lowest BCUT2D eigenvalue weighted by atomic mass is 10.1. The fourth-order valence-electron chi connectivity index (χ4n) is 6.44. The zero-order valence-corrected chi connectivity index (χ0v) is 32.3. The highest BCUT2D eigenvalue weighted by molar-refractivity contribution is 4.93. The van der Waals surface area contributed by atoms with Gasteiger partial charge in [-0.1, -0.05) is 146 Å². The van der Waals surface area contributed by atoms with Gasteiger partial charge in [-0.15, -0.1) is 0 Å². The van der Waals surface area contributed by atoms with Crippen LogP contribution >= 0.6 is 0 Å². The van der Waals surface area contributed by atoms with Crippen LogP contribution in [0.3, 0.4) is 0 Å². The van der Waals surface area contributed by atoms with E-state index in [-0.39, 0.29) is 18.8 Å². The molecule has 1 saturated heterocycles. The second-order valence-electron chi connectivity index (χ2n) is 14.5. The molecule has 48 heavy (non-hydrogen) atoms. The van der Waals surface area contributed by atoms with Crippen molar-refractivity contribution in [2.45, 2.75) is 187 Å². The number of likely N-dealkylation sites (tertiary alicyclic amines) is 1. The van der Waals surface area contributed by atoms with E-state index in [1.165, 1.54) is 128 Å². The van der Waals surface area contributed by atoms with E-state index in [2.05, 4.69) is 74.3 Å². The molecule has 0 radical (unpaired) electrons. The van der Waals surface area contributed by atoms with Crippen molar-refractivity contribution in [1.82, 2.24) is 4.90 Å². The number of unbranched alkanes of at least 4 members (excludes halogenated alkanes) is 18. The standard InChI is InChI=1S/C44H81NO3/c1-4-6-8-10-12-14-16-18-20-22-24-26-28-30-32-34-36-47-43-39-45(38-42(3)41-46)40-44(43)48-37-35-33-31-29-27-25-23-21-19-17-15-13-11-9-7-5-2/h12-15,18-21,42-44,46H,4-11,16-17,22-41H2,1-3H3/b14-12-,15-13-,20-18-,21-19-/t42?,43-,44-/m1/s1. The lowest BCUT2D eigenvalue weighted by molar-refractivity contribution is -0.0481. The van der Waals surface area contributed by atoms with E-state index in [4.69, 9.17) is 9.47 Å². The van der Waals surface area contributed by atoms with Crippen molar-refractivity contribution in [3.63, 3.8) is 0 Å². The van der Waals surface area contributed by atoms with Crippen molar-refractivity contribution < 1.29 is 14.6 Å². The van der Waals surface area contributed by atoms with Crippen molar-refractivity contribution in [2.24, 2.45) is 5.92 Å². The predicted octanol–water partition coefficient (Wildman–Crippen LogP) is 12.3. The maximum Gasteiger partial charge on any atom is 0.0975 e. The van der Waals surface area contributed by atoms with Crippen molar-refractivity contribution in [2.75, 3.05) is 39.5 Å². The summed E-state index contributed by atoms with van der Waals surface area (Å²) in [5.41, 5.74) is 0. The zero-order valence-electron chi connectivity index (χ0n) is 32.3. The molecule has 1 heterocycles. The molecule has 1 unspecified atom stereocenters. The highest BCUT2D eigenvalue weighted by Gasteiger charge is 2.34. The van der Waals surface area contributed by atoms with Gasteiger partial charge in [0.15, 0.2) is 0 Å². The summed E-state index contributed by atoms with van der Waals surface area (Å²) in [5, 5.41) is 9.56. The highest BCUT2D eigenvalue weighted by atomic mass is 16.5. The molecule has 0 spiro atoms. The molecule has 0 saturated carbocycles. The molecule has 0 amide bonds. The van der Waals surface area contributed by atoms with Gasteiger partial charge in [0.2, 0.25) is 0 Å². The lowest BCUT2D eigenvalue weighted by Crippen LogP contribution is -2.30. The number of aliphatic hydroxyl groups excluding tert-OH is 1. The summed E-state index contributed by atoms with van der Waals surface area (Å²) in [7, 11) is 0. The van der Waals surface area contributed by atoms with Gasteiger partial charge in [0.1, 0.15) is 0 Å². The normalized spacial score (nSPS) is 18.2. The second kappa shape index (κ2) is 35.6. The average molecular weight is 672 g/mol. The van der Waals surface area contributed by atoms with Crippen LogP contribution in [0.15, 0.2) is 48.6 Å². The Labute approximate surface area is 299 Å². The van der Waals surface area contributed by atoms with E-state index in [0.29, 0.717) is 5.92 Å². The lowest BCUT2D eigenvalue weighted by Gasteiger charge is -2.20. The number of hydrogen-bond acceptors (Lipinski definition) is 4. The third-order valence-electron chi connectivity index (χ3n) is 9.53. The van der Waals surface area contributed by atoms with Crippen molar-refractivity contribution in [3.05, 3.63) is 48.6 Å². The van der Waals surface area contributed by atoms with Crippen LogP contribution in [0.2, 0.25) is 0 Å². The fourth-order valence-corrected chi connectivity index (χ4v) is 6.44. The van der Waals surface area contributed by atoms with Crippen LogP contribution in [0, 0.1) is 5.92 Å². The third kappa shape index (κ3) is 28.6. The summed E-state index contributed by atoms with van der Waals surface area (Å²) in [5.74, 6) is 0.296. The quantitative estimate of drug-likeness (QED) is 0.0538. The van der Waals surface area contributed by atoms with Gasteiger partial charge in [-0.3, -0.25) is 4.90 Å². The van der Waals surface area contributed by atoms with Gasteiger partial charge in [0.05, 0.1) is 12.2 Å². The van der Waals surface area contributed by atoms with E-state index in [0.717, 1.165) is 58.5 Å².